The molecule has 9 heteroatoms. The summed E-state index contributed by atoms with van der Waals surface area (Å²) in [5.41, 5.74) is 3.71. The number of rotatable bonds is 3. The largest absolute Gasteiger partial charge is 0.478 e. The summed E-state index contributed by atoms with van der Waals surface area (Å²) in [6.07, 6.45) is 4.51. The zero-order chi connectivity index (χ0) is 22.4. The molecule has 0 bridgehead atoms. The molecule has 3 aromatic rings. The van der Waals surface area contributed by atoms with Crippen LogP contribution in [0.2, 0.25) is 0 Å². The third-order valence-corrected chi connectivity index (χ3v) is 6.80. The number of fused-ring (bicyclic) bond motifs is 2. The highest BCUT2D eigenvalue weighted by Gasteiger charge is 2.33. The molecule has 1 atom stereocenters. The Morgan fingerprint density at radius 3 is 2.82 bits per heavy atom. The quantitative estimate of drug-likeness (QED) is 0.667. The van der Waals surface area contributed by atoms with Gasteiger partial charge < -0.3 is 14.5 Å². The van der Waals surface area contributed by atoms with Crippen LogP contribution in [0.4, 0.5) is 5.69 Å². The molecule has 33 heavy (non-hydrogen) atoms. The summed E-state index contributed by atoms with van der Waals surface area (Å²) in [5, 5.41) is 11.9. The van der Waals surface area contributed by atoms with Gasteiger partial charge in [-0.3, -0.25) is 14.7 Å². The zero-order valence-electron chi connectivity index (χ0n) is 18.4. The highest BCUT2D eigenvalue weighted by atomic mass is 16.5. The SMILES string of the molecule is O=C(c1cc(C2CCCCN2C(=O)c2cc3n(n2)CCCO3)[nH]n1)N1CCc2ccccc21. The molecular weight excluding hydrogens is 420 g/mol. The van der Waals surface area contributed by atoms with Gasteiger partial charge in [0, 0.05) is 37.8 Å². The average molecular weight is 447 g/mol. The fourth-order valence-electron chi connectivity index (χ4n) is 5.12. The van der Waals surface area contributed by atoms with E-state index in [1.807, 2.05) is 23.1 Å². The van der Waals surface area contributed by atoms with Gasteiger partial charge >= 0.3 is 0 Å². The molecular formula is C24H26N6O3. The first-order valence-corrected chi connectivity index (χ1v) is 11.7. The van der Waals surface area contributed by atoms with Gasteiger partial charge in [0.25, 0.3) is 11.8 Å². The van der Waals surface area contributed by atoms with Gasteiger partial charge in [-0.2, -0.15) is 10.2 Å². The average Bonchev–Trinajstić information content (AvgIpc) is 3.61. The number of likely N-dealkylation sites (tertiary alicyclic amines) is 1. The summed E-state index contributed by atoms with van der Waals surface area (Å²) in [6.45, 7) is 2.71. The van der Waals surface area contributed by atoms with Gasteiger partial charge in [0.1, 0.15) is 0 Å². The third-order valence-electron chi connectivity index (χ3n) is 6.80. The van der Waals surface area contributed by atoms with Gasteiger partial charge in [-0.15, -0.1) is 0 Å². The van der Waals surface area contributed by atoms with E-state index in [0.29, 0.717) is 37.0 Å². The summed E-state index contributed by atoms with van der Waals surface area (Å²) in [6, 6.07) is 11.4. The van der Waals surface area contributed by atoms with Crippen molar-refractivity contribution in [2.75, 3.05) is 24.6 Å². The number of aromatic nitrogens is 4. The van der Waals surface area contributed by atoms with Crippen LogP contribution in [0, 0.1) is 0 Å². The molecule has 0 aliphatic carbocycles. The molecule has 1 aromatic carbocycles. The lowest BCUT2D eigenvalue weighted by Crippen LogP contribution is -2.39. The number of para-hydroxylation sites is 1. The van der Waals surface area contributed by atoms with Crippen molar-refractivity contribution in [3.8, 4) is 5.88 Å². The monoisotopic (exact) mass is 446 g/mol. The Hall–Kier alpha value is -3.62. The first-order valence-electron chi connectivity index (χ1n) is 11.7. The van der Waals surface area contributed by atoms with Crippen LogP contribution >= 0.6 is 0 Å². The number of amides is 2. The normalized spacial score (nSPS) is 19.7. The number of hydrogen-bond acceptors (Lipinski definition) is 5. The molecule has 9 nitrogen and oxygen atoms in total. The van der Waals surface area contributed by atoms with E-state index < -0.39 is 0 Å². The molecule has 3 aliphatic rings. The second kappa shape index (κ2) is 8.06. The van der Waals surface area contributed by atoms with Gasteiger partial charge in [0.05, 0.1) is 18.3 Å². The number of piperidine rings is 1. The lowest BCUT2D eigenvalue weighted by atomic mass is 9.98. The number of hydrogen-bond donors (Lipinski definition) is 1. The molecule has 1 fully saturated rings. The Bertz CT molecular complexity index is 1190. The molecule has 1 N–H and O–H groups in total. The number of nitrogens with zero attached hydrogens (tertiary/aromatic N) is 5. The number of ether oxygens (including phenoxy) is 1. The van der Waals surface area contributed by atoms with Crippen molar-refractivity contribution in [1.29, 1.82) is 0 Å². The predicted molar refractivity (Wildman–Crippen MR) is 120 cm³/mol. The van der Waals surface area contributed by atoms with E-state index in [2.05, 4.69) is 21.4 Å². The molecule has 1 saturated heterocycles. The zero-order valence-corrected chi connectivity index (χ0v) is 18.4. The lowest BCUT2D eigenvalue weighted by Gasteiger charge is -2.34. The van der Waals surface area contributed by atoms with Crippen molar-refractivity contribution >= 4 is 17.5 Å². The van der Waals surface area contributed by atoms with E-state index in [1.54, 1.807) is 21.7 Å². The van der Waals surface area contributed by atoms with Gasteiger partial charge in [0.15, 0.2) is 11.4 Å². The van der Waals surface area contributed by atoms with E-state index >= 15 is 0 Å². The predicted octanol–water partition coefficient (Wildman–Crippen LogP) is 2.96. The standard InChI is InChI=1S/C24H26N6O3/c31-23(29-12-9-16-6-1-2-7-20(16)29)18-14-17(25-26-18)21-8-3-4-10-28(21)24(32)19-15-22-30(27-19)11-5-13-33-22/h1-2,6-7,14-15,21H,3-5,8-13H2,(H,25,26). The van der Waals surface area contributed by atoms with Crippen LogP contribution in [0.3, 0.4) is 0 Å². The van der Waals surface area contributed by atoms with E-state index in [0.717, 1.165) is 50.0 Å². The highest BCUT2D eigenvalue weighted by molar-refractivity contribution is 6.06. The van der Waals surface area contributed by atoms with Crippen LogP contribution in [0.25, 0.3) is 0 Å². The lowest BCUT2D eigenvalue weighted by molar-refractivity contribution is 0.0599. The van der Waals surface area contributed by atoms with Gasteiger partial charge in [0.2, 0.25) is 5.88 Å². The maximum Gasteiger partial charge on any atom is 0.278 e. The fourth-order valence-corrected chi connectivity index (χ4v) is 5.12. The number of carbonyl (C=O) groups excluding carboxylic acids is 2. The second-order valence-corrected chi connectivity index (χ2v) is 8.85. The molecule has 2 aromatic heterocycles. The van der Waals surface area contributed by atoms with Crippen molar-refractivity contribution in [1.82, 2.24) is 24.9 Å². The van der Waals surface area contributed by atoms with Crippen LogP contribution in [-0.2, 0) is 13.0 Å². The van der Waals surface area contributed by atoms with Gasteiger partial charge in [-0.1, -0.05) is 18.2 Å². The van der Waals surface area contributed by atoms with Crippen molar-refractivity contribution in [2.24, 2.45) is 0 Å². The number of carbonyl (C=O) groups is 2. The van der Waals surface area contributed by atoms with Crippen molar-refractivity contribution in [3.05, 3.63) is 59.0 Å². The third kappa shape index (κ3) is 3.48. The Kier molecular flexibility index (Phi) is 4.89. The van der Waals surface area contributed by atoms with Crippen molar-refractivity contribution in [3.63, 3.8) is 0 Å². The summed E-state index contributed by atoms with van der Waals surface area (Å²) in [7, 11) is 0. The minimum Gasteiger partial charge on any atom is -0.478 e. The number of aromatic amines is 1. The van der Waals surface area contributed by atoms with Crippen LogP contribution in [-0.4, -0.2) is 56.4 Å². The maximum atomic E-state index is 13.4. The smallest absolute Gasteiger partial charge is 0.278 e. The molecule has 1 unspecified atom stereocenters. The Morgan fingerprint density at radius 1 is 1.00 bits per heavy atom. The topological polar surface area (TPSA) is 96.3 Å². The minimum atomic E-state index is -0.161. The van der Waals surface area contributed by atoms with Gasteiger partial charge in [-0.05, 0) is 43.4 Å². The first kappa shape index (κ1) is 20.0. The van der Waals surface area contributed by atoms with E-state index in [4.69, 9.17) is 4.74 Å². The molecule has 0 saturated carbocycles. The summed E-state index contributed by atoms with van der Waals surface area (Å²) in [4.78, 5) is 30.2. The summed E-state index contributed by atoms with van der Waals surface area (Å²) >= 11 is 0. The number of aryl methyl sites for hydroxylation is 1. The first-order chi connectivity index (χ1) is 16.2. The number of H-pyrrole nitrogens is 1. The van der Waals surface area contributed by atoms with E-state index in [1.165, 1.54) is 5.56 Å². The maximum absolute atomic E-state index is 13.4. The van der Waals surface area contributed by atoms with Crippen LogP contribution in [0.5, 0.6) is 5.88 Å². The number of anilines is 1. The second-order valence-electron chi connectivity index (χ2n) is 8.85. The molecule has 0 spiro atoms. The summed E-state index contributed by atoms with van der Waals surface area (Å²) in [5.74, 6) is 0.426. The number of nitrogens with one attached hydrogen (secondary N) is 1. The Balaban J connectivity index is 1.24. The number of benzene rings is 1. The molecule has 0 radical (unpaired) electrons. The molecule has 3 aliphatic heterocycles. The molecule has 5 heterocycles. The minimum absolute atomic E-state index is 0.110. The Morgan fingerprint density at radius 2 is 1.91 bits per heavy atom. The fraction of sp³-hybridized carbons (Fsp3) is 0.417. The molecule has 170 valence electrons. The summed E-state index contributed by atoms with van der Waals surface area (Å²) < 4.78 is 7.39. The van der Waals surface area contributed by atoms with Crippen LogP contribution in [0.15, 0.2) is 36.4 Å². The highest BCUT2D eigenvalue weighted by Crippen LogP contribution is 2.33. The van der Waals surface area contributed by atoms with Crippen molar-refractivity contribution < 1.29 is 14.3 Å². The molecule has 2 amide bonds. The Labute approximate surface area is 191 Å². The van der Waals surface area contributed by atoms with Crippen LogP contribution in [0.1, 0.15) is 64.0 Å². The van der Waals surface area contributed by atoms with Gasteiger partial charge in [-0.25, -0.2) is 4.68 Å². The van der Waals surface area contributed by atoms with Crippen molar-refractivity contribution in [2.45, 2.75) is 44.7 Å². The van der Waals surface area contributed by atoms with E-state index in [9.17, 15) is 9.59 Å². The molecule has 6 rings (SSSR count). The van der Waals surface area contributed by atoms with Crippen LogP contribution < -0.4 is 9.64 Å². The van der Waals surface area contributed by atoms with E-state index in [-0.39, 0.29) is 17.9 Å².